The largest absolute Gasteiger partial charge is 0.460 e. The first kappa shape index (κ1) is 20.3. The SMILES string of the molecule is COC(=O)N1CC(Oc2cc(NC3CCC(F)(F)CC3)nc(-[n+]3ccc(C)[nH]3)n2)C1. The number of H-pyrrole nitrogens is 1. The number of likely N-dealkylation sites (tertiary alicyclic amines) is 1. The number of amides is 1. The molecule has 0 radical (unpaired) electrons. The predicted molar refractivity (Wildman–Crippen MR) is 102 cm³/mol. The van der Waals surface area contributed by atoms with Crippen molar-refractivity contribution in [1.82, 2.24) is 20.0 Å². The van der Waals surface area contributed by atoms with Crippen LogP contribution in [0.4, 0.5) is 19.4 Å². The standard InChI is InChI=1S/C19H24F2N6O3/c1-12-5-8-27(25-12)17-23-15(22-13-3-6-19(20,21)7-4-13)9-16(24-17)30-14-10-26(11-14)18(28)29-2/h5,8-9,13-14H,3-4,6-7,10-11H2,1-2H3,(H,22,23,24)/p+1. The lowest BCUT2D eigenvalue weighted by Crippen LogP contribution is -2.56. The normalized spacial score (nSPS) is 19.3. The lowest BCUT2D eigenvalue weighted by molar-refractivity contribution is -0.662. The van der Waals surface area contributed by atoms with E-state index in [1.165, 1.54) is 12.0 Å². The van der Waals surface area contributed by atoms with Crippen LogP contribution >= 0.6 is 0 Å². The van der Waals surface area contributed by atoms with Gasteiger partial charge in [0.1, 0.15) is 6.10 Å². The van der Waals surface area contributed by atoms with E-state index in [9.17, 15) is 13.6 Å². The molecule has 30 heavy (non-hydrogen) atoms. The first-order valence-electron chi connectivity index (χ1n) is 9.92. The third kappa shape index (κ3) is 4.60. The van der Waals surface area contributed by atoms with Crippen molar-refractivity contribution in [2.24, 2.45) is 0 Å². The van der Waals surface area contributed by atoms with Crippen LogP contribution in [0, 0.1) is 6.92 Å². The molecule has 9 nitrogen and oxygen atoms in total. The van der Waals surface area contributed by atoms with Gasteiger partial charge in [-0.15, -0.1) is 4.68 Å². The number of nitrogens with one attached hydrogen (secondary N) is 2. The van der Waals surface area contributed by atoms with E-state index in [-0.39, 0.29) is 25.0 Å². The number of halogens is 2. The predicted octanol–water partition coefficient (Wildman–Crippen LogP) is 2.21. The number of aromatic amines is 1. The second-order valence-electron chi connectivity index (χ2n) is 7.76. The zero-order valence-electron chi connectivity index (χ0n) is 16.9. The van der Waals surface area contributed by atoms with E-state index in [4.69, 9.17) is 4.74 Å². The first-order chi connectivity index (χ1) is 14.3. The molecule has 0 atom stereocenters. The van der Waals surface area contributed by atoms with Gasteiger partial charge in [0.2, 0.25) is 11.7 Å². The summed E-state index contributed by atoms with van der Waals surface area (Å²) in [7, 11) is 1.34. The summed E-state index contributed by atoms with van der Waals surface area (Å²) in [6, 6.07) is 3.45. The second-order valence-corrected chi connectivity index (χ2v) is 7.76. The van der Waals surface area contributed by atoms with Gasteiger partial charge in [0.05, 0.1) is 32.5 Å². The second kappa shape index (κ2) is 8.04. The van der Waals surface area contributed by atoms with Gasteiger partial charge in [-0.1, -0.05) is 0 Å². The van der Waals surface area contributed by atoms with E-state index < -0.39 is 12.0 Å². The molecule has 0 aromatic carbocycles. The quantitative estimate of drug-likeness (QED) is 0.716. The Hall–Kier alpha value is -2.98. The number of aromatic nitrogens is 4. The van der Waals surface area contributed by atoms with Crippen molar-refractivity contribution >= 4 is 11.9 Å². The molecule has 4 rings (SSSR count). The maximum Gasteiger partial charge on any atom is 0.460 e. The van der Waals surface area contributed by atoms with E-state index in [2.05, 4.69) is 25.1 Å². The molecule has 0 spiro atoms. The highest BCUT2D eigenvalue weighted by atomic mass is 19.3. The summed E-state index contributed by atoms with van der Waals surface area (Å²) >= 11 is 0. The van der Waals surface area contributed by atoms with Gasteiger partial charge in [-0.05, 0) is 35.8 Å². The Balaban J connectivity index is 1.49. The minimum atomic E-state index is -2.59. The Labute approximate surface area is 172 Å². The maximum atomic E-state index is 13.5. The van der Waals surface area contributed by atoms with Crippen molar-refractivity contribution in [3.63, 3.8) is 0 Å². The number of alkyl halides is 2. The van der Waals surface area contributed by atoms with Crippen LogP contribution in [0.3, 0.4) is 0 Å². The molecule has 2 aliphatic rings. The van der Waals surface area contributed by atoms with Gasteiger partial charge < -0.3 is 19.7 Å². The number of aryl methyl sites for hydroxylation is 1. The van der Waals surface area contributed by atoms with Crippen molar-refractivity contribution < 1.29 is 27.7 Å². The summed E-state index contributed by atoms with van der Waals surface area (Å²) in [5.74, 6) is -1.36. The van der Waals surface area contributed by atoms with Gasteiger partial charge in [-0.25, -0.2) is 18.7 Å². The molecule has 2 aromatic rings. The fourth-order valence-corrected chi connectivity index (χ4v) is 3.58. The Kier molecular flexibility index (Phi) is 5.44. The van der Waals surface area contributed by atoms with Crippen LogP contribution in [-0.2, 0) is 4.74 Å². The van der Waals surface area contributed by atoms with Crippen molar-refractivity contribution in [1.29, 1.82) is 0 Å². The number of carbonyl (C=O) groups is 1. The Morgan fingerprint density at radius 3 is 2.70 bits per heavy atom. The number of ether oxygens (including phenoxy) is 2. The molecule has 1 aliphatic heterocycles. The fourth-order valence-electron chi connectivity index (χ4n) is 3.58. The smallest absolute Gasteiger partial charge is 0.458 e. The lowest BCUT2D eigenvalue weighted by Gasteiger charge is -2.36. The van der Waals surface area contributed by atoms with Gasteiger partial charge in [-0.2, -0.15) is 0 Å². The fraction of sp³-hybridized carbons (Fsp3) is 0.579. The molecule has 162 valence electrons. The van der Waals surface area contributed by atoms with E-state index >= 15 is 0 Å². The molecule has 1 amide bonds. The molecule has 2 N–H and O–H groups in total. The number of carbonyl (C=O) groups excluding carboxylic acids is 1. The molecule has 0 bridgehead atoms. The number of methoxy groups -OCH3 is 1. The van der Waals surface area contributed by atoms with Crippen LogP contribution in [0.15, 0.2) is 18.3 Å². The van der Waals surface area contributed by atoms with Crippen molar-refractivity contribution in [3.05, 3.63) is 24.0 Å². The van der Waals surface area contributed by atoms with Crippen LogP contribution < -0.4 is 14.7 Å². The highest BCUT2D eigenvalue weighted by Gasteiger charge is 2.36. The Morgan fingerprint density at radius 2 is 2.07 bits per heavy atom. The molecule has 3 heterocycles. The minimum Gasteiger partial charge on any atom is -0.458 e. The molecular weight excluding hydrogens is 398 g/mol. The summed E-state index contributed by atoms with van der Waals surface area (Å²) in [5, 5.41) is 6.36. The van der Waals surface area contributed by atoms with Crippen LogP contribution in [0.25, 0.3) is 5.95 Å². The third-order valence-electron chi connectivity index (χ3n) is 5.31. The van der Waals surface area contributed by atoms with Gasteiger partial charge in [0.15, 0.2) is 0 Å². The lowest BCUT2D eigenvalue weighted by atomic mass is 9.92. The zero-order chi connectivity index (χ0) is 21.3. The number of anilines is 1. The highest BCUT2D eigenvalue weighted by molar-refractivity contribution is 5.68. The summed E-state index contributed by atoms with van der Waals surface area (Å²) < 4.78 is 39.2. The van der Waals surface area contributed by atoms with Crippen LogP contribution in [0.2, 0.25) is 0 Å². The van der Waals surface area contributed by atoms with Crippen LogP contribution in [0.1, 0.15) is 31.4 Å². The molecule has 1 aliphatic carbocycles. The van der Waals surface area contributed by atoms with E-state index in [1.807, 2.05) is 13.0 Å². The van der Waals surface area contributed by atoms with Crippen LogP contribution in [0.5, 0.6) is 5.88 Å². The van der Waals surface area contributed by atoms with Gasteiger partial charge >= 0.3 is 12.0 Å². The summed E-state index contributed by atoms with van der Waals surface area (Å²) in [6.45, 7) is 2.72. The van der Waals surface area contributed by atoms with E-state index in [1.54, 1.807) is 16.9 Å². The molecule has 1 saturated heterocycles. The van der Waals surface area contributed by atoms with Crippen molar-refractivity contribution in [3.8, 4) is 11.8 Å². The van der Waals surface area contributed by atoms with E-state index in [0.717, 1.165) is 5.69 Å². The minimum absolute atomic E-state index is 0.0888. The third-order valence-corrected chi connectivity index (χ3v) is 5.31. The van der Waals surface area contributed by atoms with Gasteiger partial charge in [-0.3, -0.25) is 0 Å². The molecular formula is C19H25F2N6O3+. The molecule has 11 heteroatoms. The molecule has 2 aromatic heterocycles. The Morgan fingerprint density at radius 1 is 1.33 bits per heavy atom. The Bertz CT molecular complexity index is 905. The number of rotatable bonds is 5. The van der Waals surface area contributed by atoms with Gasteiger partial charge in [0, 0.05) is 24.6 Å². The average Bonchev–Trinajstić information content (AvgIpc) is 3.12. The number of nitrogens with zero attached hydrogens (tertiary/aromatic N) is 4. The molecule has 1 saturated carbocycles. The van der Waals surface area contributed by atoms with Crippen molar-refractivity contribution in [2.45, 2.75) is 50.7 Å². The summed E-state index contributed by atoms with van der Waals surface area (Å²) in [4.78, 5) is 22.0. The van der Waals surface area contributed by atoms with Gasteiger partial charge in [0.25, 0.3) is 5.88 Å². The monoisotopic (exact) mass is 423 g/mol. The molecule has 0 unspecified atom stereocenters. The molecule has 2 fully saturated rings. The van der Waals surface area contributed by atoms with Crippen LogP contribution in [-0.4, -0.2) is 64.3 Å². The topological polar surface area (TPSA) is 96.2 Å². The zero-order valence-corrected chi connectivity index (χ0v) is 16.9. The number of hydrogen-bond donors (Lipinski definition) is 2. The summed E-state index contributed by atoms with van der Waals surface area (Å²) in [5.41, 5.74) is 0.932. The maximum absolute atomic E-state index is 13.5. The number of hydrogen-bond acceptors (Lipinski definition) is 6. The van der Waals surface area contributed by atoms with E-state index in [0.29, 0.717) is 43.6 Å². The first-order valence-corrected chi connectivity index (χ1v) is 9.92. The average molecular weight is 423 g/mol. The highest BCUT2D eigenvalue weighted by Crippen LogP contribution is 2.34. The summed E-state index contributed by atoms with van der Waals surface area (Å²) in [6.07, 6.45) is 1.66. The van der Waals surface area contributed by atoms with Crippen molar-refractivity contribution in [2.75, 3.05) is 25.5 Å².